The van der Waals surface area contributed by atoms with Crippen molar-refractivity contribution in [1.29, 1.82) is 0 Å². The number of hydrogen-bond donors (Lipinski definition) is 1. The lowest BCUT2D eigenvalue weighted by Gasteiger charge is -2.20. The Bertz CT molecular complexity index is 1230. The van der Waals surface area contributed by atoms with E-state index in [-0.39, 0.29) is 5.91 Å². The van der Waals surface area contributed by atoms with Crippen molar-refractivity contribution < 1.29 is 9.32 Å². The van der Waals surface area contributed by atoms with Crippen molar-refractivity contribution in [2.24, 2.45) is 0 Å². The Morgan fingerprint density at radius 3 is 2.53 bits per heavy atom. The van der Waals surface area contributed by atoms with E-state index in [4.69, 9.17) is 4.52 Å². The van der Waals surface area contributed by atoms with Crippen LogP contribution in [-0.4, -0.2) is 25.8 Å². The monoisotopic (exact) mass is 427 g/mol. The van der Waals surface area contributed by atoms with Crippen molar-refractivity contribution in [2.75, 3.05) is 5.32 Å². The van der Waals surface area contributed by atoms with E-state index in [9.17, 15) is 4.79 Å². The molecule has 0 atom stereocenters. The summed E-state index contributed by atoms with van der Waals surface area (Å²) in [5, 5.41) is 11.6. The van der Waals surface area contributed by atoms with Crippen LogP contribution in [0.1, 0.15) is 59.6 Å². The van der Waals surface area contributed by atoms with Gasteiger partial charge in [0, 0.05) is 23.4 Å². The maximum absolute atomic E-state index is 12.8. The summed E-state index contributed by atoms with van der Waals surface area (Å²) in [6, 6.07) is 15.6. The Labute approximate surface area is 186 Å². The smallest absolute Gasteiger partial charge is 0.259 e. The number of aryl methyl sites for hydroxylation is 2. The minimum absolute atomic E-state index is 0.176. The fourth-order valence-electron chi connectivity index (χ4n) is 3.77. The van der Waals surface area contributed by atoms with Crippen LogP contribution in [0.3, 0.4) is 0 Å². The van der Waals surface area contributed by atoms with E-state index in [1.165, 1.54) is 12.0 Å². The summed E-state index contributed by atoms with van der Waals surface area (Å²) < 4.78 is 7.13. The molecule has 0 spiro atoms. The molecule has 7 nitrogen and oxygen atoms in total. The van der Waals surface area contributed by atoms with Gasteiger partial charge in [0.25, 0.3) is 5.91 Å². The molecule has 1 aliphatic rings. The fraction of sp³-hybridized carbons (Fsp3) is 0.280. The minimum atomic E-state index is -0.176. The first-order valence-electron chi connectivity index (χ1n) is 11.0. The standard InChI is InChI=1S/C25H25N5O2/c1-3-17-7-11-20(12-8-17)26-24(31)22-15-30(28-16(22)2)21-13-9-18(10-14-21)23-27-25(32-29-23)19-5-4-6-19/h7-15,19H,3-6H2,1-2H3,(H,26,31). The summed E-state index contributed by atoms with van der Waals surface area (Å²) in [6.07, 6.45) is 6.19. The Kier molecular flexibility index (Phi) is 5.31. The molecule has 2 aromatic heterocycles. The molecule has 2 aromatic carbocycles. The van der Waals surface area contributed by atoms with E-state index in [1.54, 1.807) is 10.9 Å². The lowest BCUT2D eigenvalue weighted by atomic mass is 9.85. The van der Waals surface area contributed by atoms with Gasteiger partial charge in [-0.1, -0.05) is 30.6 Å². The number of rotatable bonds is 6. The van der Waals surface area contributed by atoms with Gasteiger partial charge in [0.1, 0.15) is 0 Å². The van der Waals surface area contributed by atoms with Gasteiger partial charge in [-0.3, -0.25) is 4.79 Å². The molecular weight excluding hydrogens is 402 g/mol. The van der Waals surface area contributed by atoms with Gasteiger partial charge in [-0.05, 0) is 68.1 Å². The zero-order chi connectivity index (χ0) is 22.1. The molecule has 0 bridgehead atoms. The Hall–Kier alpha value is -3.74. The molecule has 4 aromatic rings. The highest BCUT2D eigenvalue weighted by Gasteiger charge is 2.25. The van der Waals surface area contributed by atoms with Crippen molar-refractivity contribution in [3.8, 4) is 17.1 Å². The molecule has 32 heavy (non-hydrogen) atoms. The quantitative estimate of drug-likeness (QED) is 0.450. The summed E-state index contributed by atoms with van der Waals surface area (Å²) in [5.41, 5.74) is 4.95. The number of hydrogen-bond acceptors (Lipinski definition) is 5. The first-order valence-corrected chi connectivity index (χ1v) is 11.0. The molecule has 162 valence electrons. The van der Waals surface area contributed by atoms with Gasteiger partial charge in [-0.25, -0.2) is 4.68 Å². The molecule has 2 heterocycles. The highest BCUT2D eigenvalue weighted by Crippen LogP contribution is 2.36. The van der Waals surface area contributed by atoms with Crippen LogP contribution in [0.4, 0.5) is 5.69 Å². The van der Waals surface area contributed by atoms with Crippen LogP contribution in [0.5, 0.6) is 0 Å². The molecule has 1 saturated carbocycles. The second-order valence-corrected chi connectivity index (χ2v) is 8.21. The molecule has 0 saturated heterocycles. The Balaban J connectivity index is 1.31. The zero-order valence-electron chi connectivity index (χ0n) is 18.2. The van der Waals surface area contributed by atoms with Crippen molar-refractivity contribution >= 4 is 11.6 Å². The Morgan fingerprint density at radius 2 is 1.88 bits per heavy atom. The maximum atomic E-state index is 12.8. The molecular formula is C25H25N5O2. The summed E-state index contributed by atoms with van der Waals surface area (Å²) >= 11 is 0. The van der Waals surface area contributed by atoms with E-state index in [1.807, 2.05) is 55.5 Å². The minimum Gasteiger partial charge on any atom is -0.339 e. The van der Waals surface area contributed by atoms with Gasteiger partial charge in [-0.2, -0.15) is 10.1 Å². The number of anilines is 1. The van der Waals surface area contributed by atoms with Crippen LogP contribution in [-0.2, 0) is 6.42 Å². The van der Waals surface area contributed by atoms with Crippen LogP contribution in [0.15, 0.2) is 59.3 Å². The number of aromatic nitrogens is 4. The van der Waals surface area contributed by atoms with E-state index < -0.39 is 0 Å². The normalized spacial score (nSPS) is 13.7. The van der Waals surface area contributed by atoms with Crippen molar-refractivity contribution in [2.45, 2.75) is 45.4 Å². The molecule has 1 aliphatic carbocycles. The van der Waals surface area contributed by atoms with Gasteiger partial charge >= 0.3 is 0 Å². The van der Waals surface area contributed by atoms with Gasteiger partial charge in [-0.15, -0.1) is 0 Å². The van der Waals surface area contributed by atoms with Gasteiger partial charge in [0.05, 0.1) is 16.9 Å². The number of benzene rings is 2. The molecule has 0 unspecified atom stereocenters. The SMILES string of the molecule is CCc1ccc(NC(=O)c2cn(-c3ccc(-c4noc(C5CCC5)n4)cc3)nc2C)cc1. The molecule has 1 amide bonds. The van der Waals surface area contributed by atoms with Crippen LogP contribution >= 0.6 is 0 Å². The molecule has 0 radical (unpaired) electrons. The predicted octanol–water partition coefficient (Wildman–Crippen LogP) is 5.31. The van der Waals surface area contributed by atoms with Crippen LogP contribution in [0.25, 0.3) is 17.1 Å². The molecule has 7 heteroatoms. The van der Waals surface area contributed by atoms with E-state index in [2.05, 4.69) is 27.5 Å². The topological polar surface area (TPSA) is 85.8 Å². The average molecular weight is 428 g/mol. The average Bonchev–Trinajstić information content (AvgIpc) is 3.40. The van der Waals surface area contributed by atoms with Crippen LogP contribution in [0.2, 0.25) is 0 Å². The van der Waals surface area contributed by atoms with Gasteiger partial charge in [0.15, 0.2) is 0 Å². The molecule has 1 fully saturated rings. The fourth-order valence-corrected chi connectivity index (χ4v) is 3.77. The van der Waals surface area contributed by atoms with Crippen LogP contribution < -0.4 is 5.32 Å². The van der Waals surface area contributed by atoms with E-state index >= 15 is 0 Å². The summed E-state index contributed by atoms with van der Waals surface area (Å²) in [4.78, 5) is 17.3. The molecule has 1 N–H and O–H groups in total. The maximum Gasteiger partial charge on any atom is 0.259 e. The first-order chi connectivity index (χ1) is 15.6. The van der Waals surface area contributed by atoms with Gasteiger partial charge in [0.2, 0.25) is 11.7 Å². The number of carbonyl (C=O) groups excluding carboxylic acids is 1. The highest BCUT2D eigenvalue weighted by atomic mass is 16.5. The van der Waals surface area contributed by atoms with E-state index in [0.29, 0.717) is 23.0 Å². The third kappa shape index (κ3) is 3.93. The summed E-state index contributed by atoms with van der Waals surface area (Å²) in [6.45, 7) is 3.94. The van der Waals surface area contributed by atoms with E-state index in [0.717, 1.165) is 42.1 Å². The number of carbonyl (C=O) groups is 1. The largest absolute Gasteiger partial charge is 0.339 e. The number of nitrogens with zero attached hydrogens (tertiary/aromatic N) is 4. The highest BCUT2D eigenvalue weighted by molar-refractivity contribution is 6.04. The predicted molar refractivity (Wildman–Crippen MR) is 122 cm³/mol. The summed E-state index contributed by atoms with van der Waals surface area (Å²) in [7, 11) is 0. The summed E-state index contributed by atoms with van der Waals surface area (Å²) in [5.74, 6) is 1.57. The second-order valence-electron chi connectivity index (χ2n) is 8.21. The Morgan fingerprint density at radius 1 is 1.12 bits per heavy atom. The third-order valence-corrected chi connectivity index (χ3v) is 6.05. The number of amides is 1. The third-order valence-electron chi connectivity index (χ3n) is 6.05. The van der Waals surface area contributed by atoms with Crippen molar-refractivity contribution in [3.63, 3.8) is 0 Å². The first kappa shape index (κ1) is 20.2. The number of nitrogens with one attached hydrogen (secondary N) is 1. The zero-order valence-corrected chi connectivity index (χ0v) is 18.2. The lowest BCUT2D eigenvalue weighted by molar-refractivity contribution is 0.102. The molecule has 0 aliphatic heterocycles. The molecule has 5 rings (SSSR count). The van der Waals surface area contributed by atoms with Crippen molar-refractivity contribution in [1.82, 2.24) is 19.9 Å². The lowest BCUT2D eigenvalue weighted by Crippen LogP contribution is -2.12. The second kappa shape index (κ2) is 8.42. The van der Waals surface area contributed by atoms with Gasteiger partial charge < -0.3 is 9.84 Å². The van der Waals surface area contributed by atoms with Crippen LogP contribution in [0, 0.1) is 6.92 Å². The van der Waals surface area contributed by atoms with Crippen molar-refractivity contribution in [3.05, 3.63) is 77.4 Å².